The van der Waals surface area contributed by atoms with Gasteiger partial charge in [0.2, 0.25) is 11.8 Å². The molecule has 2 amide bonds. The lowest BCUT2D eigenvalue weighted by Crippen LogP contribution is -2.70. The summed E-state index contributed by atoms with van der Waals surface area (Å²) in [5.74, 6) is 1.09. The lowest BCUT2D eigenvalue weighted by Gasteiger charge is -2.61. The van der Waals surface area contributed by atoms with E-state index in [1.165, 1.54) is 12.3 Å². The largest absolute Gasteiger partial charge is 0.423 e. The van der Waals surface area contributed by atoms with Gasteiger partial charge in [-0.2, -0.15) is 0 Å². The summed E-state index contributed by atoms with van der Waals surface area (Å²) in [6, 6.07) is 7.01. The number of aromatic nitrogens is 3. The van der Waals surface area contributed by atoms with Gasteiger partial charge in [-0.25, -0.2) is 9.18 Å². The Morgan fingerprint density at radius 2 is 2.06 bits per heavy atom. The number of likely N-dealkylation sites (tertiary alicyclic amines) is 1. The van der Waals surface area contributed by atoms with E-state index in [4.69, 9.17) is 4.42 Å². The molecule has 5 rings (SSSR count). The monoisotopic (exact) mass is 421 g/mol. The summed E-state index contributed by atoms with van der Waals surface area (Å²) in [6.45, 7) is 5.90. The highest BCUT2D eigenvalue weighted by Crippen LogP contribution is 2.55. The third-order valence-corrected chi connectivity index (χ3v) is 6.41. The average molecular weight is 421 g/mol. The van der Waals surface area contributed by atoms with Crippen LogP contribution in [-0.2, 0) is 5.54 Å². The van der Waals surface area contributed by atoms with Gasteiger partial charge in [-0.3, -0.25) is 4.98 Å². The molecule has 3 atom stereocenters. The number of nitrogens with one attached hydrogen (secondary N) is 1. The fourth-order valence-electron chi connectivity index (χ4n) is 5.19. The summed E-state index contributed by atoms with van der Waals surface area (Å²) >= 11 is 0. The van der Waals surface area contributed by atoms with Gasteiger partial charge in [0.1, 0.15) is 11.4 Å². The quantitative estimate of drug-likeness (QED) is 0.655. The molecule has 2 fully saturated rings. The molecule has 2 aromatic heterocycles. The van der Waals surface area contributed by atoms with E-state index < -0.39 is 11.4 Å². The number of carbonyl (C=O) groups is 1. The molecular weight excluding hydrogens is 397 g/mol. The molecule has 1 aliphatic carbocycles. The number of amides is 2. The molecule has 160 valence electrons. The van der Waals surface area contributed by atoms with Crippen molar-refractivity contribution in [2.75, 3.05) is 5.32 Å². The fraction of sp³-hybridized carbons (Fsp3) is 0.391. The Kier molecular flexibility index (Phi) is 4.53. The van der Waals surface area contributed by atoms with Crippen LogP contribution in [0.3, 0.4) is 0 Å². The molecule has 7 nitrogen and oxygen atoms in total. The summed E-state index contributed by atoms with van der Waals surface area (Å²) < 4.78 is 19.4. The van der Waals surface area contributed by atoms with Crippen LogP contribution in [0.25, 0.3) is 11.1 Å². The zero-order valence-electron chi connectivity index (χ0n) is 17.7. The van der Waals surface area contributed by atoms with Crippen LogP contribution in [0.15, 0.2) is 41.1 Å². The molecule has 1 saturated carbocycles. The van der Waals surface area contributed by atoms with Crippen molar-refractivity contribution in [3.8, 4) is 11.1 Å². The number of carbonyl (C=O) groups excluding carboxylic acids is 1. The molecule has 2 aliphatic rings. The Hall–Kier alpha value is -3.29. The second kappa shape index (κ2) is 7.14. The van der Waals surface area contributed by atoms with Crippen molar-refractivity contribution >= 4 is 11.7 Å². The van der Waals surface area contributed by atoms with Gasteiger partial charge in [0, 0.05) is 36.8 Å². The lowest BCUT2D eigenvalue weighted by atomic mass is 9.64. The predicted molar refractivity (Wildman–Crippen MR) is 113 cm³/mol. The van der Waals surface area contributed by atoms with Crippen LogP contribution >= 0.6 is 0 Å². The molecule has 0 radical (unpaired) electrons. The van der Waals surface area contributed by atoms with Gasteiger partial charge in [0.25, 0.3) is 0 Å². The van der Waals surface area contributed by atoms with Gasteiger partial charge in [0.15, 0.2) is 0 Å². The third kappa shape index (κ3) is 3.26. The van der Waals surface area contributed by atoms with Crippen LogP contribution in [0, 0.1) is 25.6 Å². The van der Waals surface area contributed by atoms with E-state index in [2.05, 4.69) is 27.4 Å². The summed E-state index contributed by atoms with van der Waals surface area (Å²) in [6.07, 6.45) is 5.38. The first-order chi connectivity index (χ1) is 14.9. The zero-order valence-corrected chi connectivity index (χ0v) is 17.7. The summed E-state index contributed by atoms with van der Waals surface area (Å²) in [7, 11) is 0. The highest BCUT2D eigenvalue weighted by Gasteiger charge is 2.62. The number of anilines is 1. The smallest absolute Gasteiger partial charge is 0.323 e. The van der Waals surface area contributed by atoms with Gasteiger partial charge >= 0.3 is 6.03 Å². The summed E-state index contributed by atoms with van der Waals surface area (Å²) in [5, 5.41) is 11.3. The number of nitrogens with zero attached hydrogens (tertiary/aromatic N) is 4. The fourth-order valence-corrected chi connectivity index (χ4v) is 5.19. The maximum Gasteiger partial charge on any atom is 0.323 e. The Morgan fingerprint density at radius 1 is 1.23 bits per heavy atom. The molecule has 31 heavy (non-hydrogen) atoms. The normalized spacial score (nSPS) is 24.6. The summed E-state index contributed by atoms with van der Waals surface area (Å²) in [4.78, 5) is 19.1. The number of fused-ring (bicyclic) bond motifs is 2. The second-order valence-corrected chi connectivity index (χ2v) is 8.78. The van der Waals surface area contributed by atoms with Gasteiger partial charge in [-0.05, 0) is 55.0 Å². The van der Waals surface area contributed by atoms with Gasteiger partial charge < -0.3 is 14.6 Å². The van der Waals surface area contributed by atoms with Gasteiger partial charge in [0.05, 0.1) is 6.20 Å². The molecule has 1 aliphatic heterocycles. The number of pyridine rings is 1. The van der Waals surface area contributed by atoms with Crippen molar-refractivity contribution < 1.29 is 13.6 Å². The number of rotatable bonds is 3. The number of hydrogen-bond donors (Lipinski definition) is 1. The van der Waals surface area contributed by atoms with E-state index in [0.717, 1.165) is 30.4 Å². The van der Waals surface area contributed by atoms with Crippen LogP contribution in [0.1, 0.15) is 43.5 Å². The van der Waals surface area contributed by atoms with Gasteiger partial charge in [-0.1, -0.05) is 13.0 Å². The lowest BCUT2D eigenvalue weighted by molar-refractivity contribution is -0.110. The maximum atomic E-state index is 13.7. The Balaban J connectivity index is 1.43. The number of benzene rings is 1. The van der Waals surface area contributed by atoms with E-state index in [9.17, 15) is 9.18 Å². The van der Waals surface area contributed by atoms with E-state index in [-0.39, 0.29) is 12.1 Å². The molecular formula is C23H24FN5O2. The second-order valence-electron chi connectivity index (χ2n) is 8.78. The molecule has 2 bridgehead atoms. The molecule has 1 saturated heterocycles. The number of piperidine rings is 1. The molecule has 3 heterocycles. The first kappa shape index (κ1) is 19.7. The first-order valence-electron chi connectivity index (χ1n) is 10.5. The van der Waals surface area contributed by atoms with Crippen LogP contribution < -0.4 is 5.32 Å². The van der Waals surface area contributed by atoms with Crippen molar-refractivity contribution in [3.05, 3.63) is 59.8 Å². The van der Waals surface area contributed by atoms with E-state index in [1.54, 1.807) is 13.1 Å². The van der Waals surface area contributed by atoms with E-state index in [1.807, 2.05) is 30.0 Å². The van der Waals surface area contributed by atoms with E-state index >= 15 is 0 Å². The van der Waals surface area contributed by atoms with E-state index in [0.29, 0.717) is 29.0 Å². The highest BCUT2D eigenvalue weighted by molar-refractivity contribution is 5.92. The molecule has 1 aromatic carbocycles. The topological polar surface area (TPSA) is 84.2 Å². The number of halogens is 1. The van der Waals surface area contributed by atoms with Crippen molar-refractivity contribution in [1.82, 2.24) is 20.1 Å². The summed E-state index contributed by atoms with van der Waals surface area (Å²) in [5.41, 5.74) is 2.56. The van der Waals surface area contributed by atoms with Crippen molar-refractivity contribution in [2.45, 2.75) is 51.6 Å². The van der Waals surface area contributed by atoms with Crippen LogP contribution in [-0.4, -0.2) is 32.2 Å². The minimum absolute atomic E-state index is 0.147. The minimum Gasteiger partial charge on any atom is -0.423 e. The first-order valence-corrected chi connectivity index (χ1v) is 10.5. The van der Waals surface area contributed by atoms with Crippen LogP contribution in [0.5, 0.6) is 0 Å². The minimum atomic E-state index is -0.548. The Bertz CT molecular complexity index is 1160. The van der Waals surface area contributed by atoms with Crippen molar-refractivity contribution in [3.63, 3.8) is 0 Å². The van der Waals surface area contributed by atoms with Crippen molar-refractivity contribution in [2.24, 2.45) is 5.92 Å². The zero-order chi connectivity index (χ0) is 21.8. The van der Waals surface area contributed by atoms with Crippen LogP contribution in [0.4, 0.5) is 14.9 Å². The SMILES string of the molecule is Cc1nnc(C23CC(C)CC(C2)N3C(=O)Nc2ccc(C)c(-c3cncc(F)c3)c2)o1. The molecule has 1 N–H and O–H groups in total. The third-order valence-electron chi connectivity index (χ3n) is 6.41. The maximum absolute atomic E-state index is 13.7. The highest BCUT2D eigenvalue weighted by atomic mass is 19.1. The number of hydrogen-bond acceptors (Lipinski definition) is 5. The average Bonchev–Trinajstić information content (AvgIpc) is 3.15. The molecule has 0 spiro atoms. The number of aryl methyl sites for hydroxylation is 2. The standard InChI is InChI=1S/C23H24FN5O2/c1-13-6-19-10-23(9-13,21-28-27-15(3)31-21)29(19)22(30)26-18-5-4-14(2)20(8-18)16-7-17(24)12-25-11-16/h4-5,7-8,11-13,19H,6,9-10H2,1-3H3,(H,26,30). The van der Waals surface area contributed by atoms with Crippen LogP contribution in [0.2, 0.25) is 0 Å². The number of urea groups is 1. The van der Waals surface area contributed by atoms with Gasteiger partial charge in [-0.15, -0.1) is 10.2 Å². The molecule has 3 aromatic rings. The van der Waals surface area contributed by atoms with Crippen molar-refractivity contribution in [1.29, 1.82) is 0 Å². The molecule has 8 heteroatoms. The Labute approximate surface area is 179 Å². The predicted octanol–water partition coefficient (Wildman–Crippen LogP) is 4.82. The Morgan fingerprint density at radius 3 is 2.81 bits per heavy atom. The molecule has 3 unspecified atom stereocenters.